The van der Waals surface area contributed by atoms with E-state index in [9.17, 15) is 0 Å². The Labute approximate surface area is 106 Å². The molecule has 0 aromatic rings. The topological polar surface area (TPSA) is 0 Å². The molecule has 0 saturated heterocycles. The number of rotatable bonds is 0. The van der Waals surface area contributed by atoms with Crippen LogP contribution in [0.1, 0.15) is 40.0 Å². The maximum atomic E-state index is 4.02. The van der Waals surface area contributed by atoms with Gasteiger partial charge in [0, 0.05) is 0 Å². The highest BCUT2D eigenvalue weighted by atomic mass is 14.2. The summed E-state index contributed by atoms with van der Waals surface area (Å²) < 4.78 is 0. The van der Waals surface area contributed by atoms with Gasteiger partial charge in [-0.25, -0.2) is 0 Å². The first kappa shape index (κ1) is 13.8. The summed E-state index contributed by atoms with van der Waals surface area (Å²) in [4.78, 5) is 0. The maximum absolute atomic E-state index is 4.02. The van der Waals surface area contributed by atoms with E-state index in [1.807, 2.05) is 0 Å². The van der Waals surface area contributed by atoms with Gasteiger partial charge in [-0.05, 0) is 50.2 Å². The van der Waals surface area contributed by atoms with Gasteiger partial charge in [0.15, 0.2) is 0 Å². The van der Waals surface area contributed by atoms with E-state index in [1.165, 1.54) is 29.6 Å². The van der Waals surface area contributed by atoms with Crippen molar-refractivity contribution in [2.24, 2.45) is 5.92 Å². The minimum Gasteiger partial charge on any atom is -0.0953 e. The molecule has 0 nitrogen and oxygen atoms in total. The zero-order valence-electron chi connectivity index (χ0n) is 11.4. The van der Waals surface area contributed by atoms with Crippen LogP contribution in [-0.2, 0) is 0 Å². The lowest BCUT2D eigenvalue weighted by molar-refractivity contribution is 0.699. The molecule has 2 aliphatic rings. The van der Waals surface area contributed by atoms with E-state index < -0.39 is 0 Å². The summed E-state index contributed by atoms with van der Waals surface area (Å²) in [5.41, 5.74) is 4.19. The van der Waals surface area contributed by atoms with Gasteiger partial charge in [-0.15, -0.1) is 0 Å². The van der Waals surface area contributed by atoms with Crippen LogP contribution in [0.3, 0.4) is 0 Å². The molecule has 17 heavy (non-hydrogen) atoms. The lowest BCUT2D eigenvalue weighted by Crippen LogP contribution is -1.86. The van der Waals surface area contributed by atoms with Gasteiger partial charge in [0.1, 0.15) is 0 Å². The standard InChI is InChI=1S/C9H14.C8H10/c1-4-9-6-5-7(2)8(9)3;1-8-6-4-2-3-5-7-8/h4,7H,3,5-6H2,1-2H3;2-4,6-7H,5H2,1H3/b9-4-;. The molecule has 1 unspecified atom stereocenters. The van der Waals surface area contributed by atoms with Crippen molar-refractivity contribution in [3.8, 4) is 0 Å². The minimum atomic E-state index is 0.733. The fourth-order valence-electron chi connectivity index (χ4n) is 2.04. The SMILES string of the molecule is C=C1/C(=C\C)CCC1C.CC1=CCC=CC=C1. The fourth-order valence-corrected chi connectivity index (χ4v) is 2.04. The largest absolute Gasteiger partial charge is 0.0953 e. The monoisotopic (exact) mass is 228 g/mol. The van der Waals surface area contributed by atoms with E-state index in [2.05, 4.69) is 63.8 Å². The van der Waals surface area contributed by atoms with Gasteiger partial charge < -0.3 is 0 Å². The highest BCUT2D eigenvalue weighted by Crippen LogP contribution is 2.33. The molecule has 0 bridgehead atoms. The molecule has 2 aliphatic carbocycles. The highest BCUT2D eigenvalue weighted by Gasteiger charge is 2.17. The fraction of sp³-hybridized carbons (Fsp3) is 0.412. The van der Waals surface area contributed by atoms with Gasteiger partial charge in [0.25, 0.3) is 0 Å². The Morgan fingerprint density at radius 2 is 2.12 bits per heavy atom. The molecule has 0 N–H and O–H groups in total. The van der Waals surface area contributed by atoms with Crippen LogP contribution in [0.25, 0.3) is 0 Å². The first-order valence-electron chi connectivity index (χ1n) is 6.49. The molecular formula is C17H24. The van der Waals surface area contributed by atoms with Crippen molar-refractivity contribution in [2.45, 2.75) is 40.0 Å². The van der Waals surface area contributed by atoms with Crippen molar-refractivity contribution in [3.63, 3.8) is 0 Å². The van der Waals surface area contributed by atoms with Crippen LogP contribution in [-0.4, -0.2) is 0 Å². The number of hydrogen-bond donors (Lipinski definition) is 0. The molecule has 0 spiro atoms. The third kappa shape index (κ3) is 4.60. The summed E-state index contributed by atoms with van der Waals surface area (Å²) in [7, 11) is 0. The summed E-state index contributed by atoms with van der Waals surface area (Å²) >= 11 is 0. The van der Waals surface area contributed by atoms with Gasteiger partial charge >= 0.3 is 0 Å². The summed E-state index contributed by atoms with van der Waals surface area (Å²) in [6.45, 7) is 10.5. The second kappa shape index (κ2) is 7.11. The van der Waals surface area contributed by atoms with Crippen LogP contribution in [0.5, 0.6) is 0 Å². The maximum Gasteiger partial charge on any atom is -0.0160 e. The molecule has 0 aromatic carbocycles. The Morgan fingerprint density at radius 1 is 1.35 bits per heavy atom. The van der Waals surface area contributed by atoms with Gasteiger partial charge in [-0.1, -0.05) is 55.5 Å². The first-order chi connectivity index (χ1) is 8.15. The lowest BCUT2D eigenvalue weighted by Gasteiger charge is -2.00. The van der Waals surface area contributed by atoms with E-state index >= 15 is 0 Å². The average Bonchev–Trinajstić information content (AvgIpc) is 2.54. The van der Waals surface area contributed by atoms with Crippen molar-refractivity contribution in [1.82, 2.24) is 0 Å². The van der Waals surface area contributed by atoms with Gasteiger partial charge in [0.2, 0.25) is 0 Å². The molecule has 0 aliphatic heterocycles. The first-order valence-corrected chi connectivity index (χ1v) is 6.49. The van der Waals surface area contributed by atoms with E-state index in [-0.39, 0.29) is 0 Å². The normalized spacial score (nSPS) is 25.4. The van der Waals surface area contributed by atoms with E-state index in [4.69, 9.17) is 0 Å². The lowest BCUT2D eigenvalue weighted by atomic mass is 10.1. The highest BCUT2D eigenvalue weighted by molar-refractivity contribution is 5.33. The van der Waals surface area contributed by atoms with Crippen molar-refractivity contribution >= 4 is 0 Å². The summed E-state index contributed by atoms with van der Waals surface area (Å²) in [5, 5.41) is 0. The zero-order valence-corrected chi connectivity index (χ0v) is 11.4. The molecule has 1 atom stereocenters. The second-order valence-corrected chi connectivity index (χ2v) is 4.75. The Bertz CT molecular complexity index is 372. The van der Waals surface area contributed by atoms with Crippen LogP contribution >= 0.6 is 0 Å². The Balaban J connectivity index is 0.000000171. The van der Waals surface area contributed by atoms with Crippen LogP contribution in [0, 0.1) is 5.92 Å². The van der Waals surface area contributed by atoms with Crippen LogP contribution in [0.2, 0.25) is 0 Å². The van der Waals surface area contributed by atoms with Crippen LogP contribution in [0.4, 0.5) is 0 Å². The van der Waals surface area contributed by atoms with Crippen molar-refractivity contribution in [2.75, 3.05) is 0 Å². The Kier molecular flexibility index (Phi) is 5.76. The molecule has 0 heteroatoms. The van der Waals surface area contributed by atoms with E-state index in [1.54, 1.807) is 0 Å². The smallest absolute Gasteiger partial charge is 0.0160 e. The van der Waals surface area contributed by atoms with Gasteiger partial charge in [-0.2, -0.15) is 0 Å². The molecule has 0 aromatic heterocycles. The van der Waals surface area contributed by atoms with E-state index in [0.29, 0.717) is 0 Å². The summed E-state index contributed by atoms with van der Waals surface area (Å²) in [6.07, 6.45) is 16.4. The summed E-state index contributed by atoms with van der Waals surface area (Å²) in [6, 6.07) is 0. The molecule has 92 valence electrons. The predicted octanol–water partition coefficient (Wildman–Crippen LogP) is 5.37. The van der Waals surface area contributed by atoms with Crippen LogP contribution < -0.4 is 0 Å². The Hall–Kier alpha value is -1.30. The predicted molar refractivity (Wildman–Crippen MR) is 77.9 cm³/mol. The molecule has 2 rings (SSSR count). The van der Waals surface area contributed by atoms with E-state index in [0.717, 1.165) is 12.3 Å². The molecule has 0 heterocycles. The second-order valence-electron chi connectivity index (χ2n) is 4.75. The third-order valence-corrected chi connectivity index (χ3v) is 3.38. The van der Waals surface area contributed by atoms with Crippen molar-refractivity contribution < 1.29 is 0 Å². The van der Waals surface area contributed by atoms with Gasteiger partial charge in [-0.3, -0.25) is 0 Å². The Morgan fingerprint density at radius 3 is 2.65 bits per heavy atom. The molecule has 1 fully saturated rings. The zero-order chi connectivity index (χ0) is 12.7. The summed E-state index contributed by atoms with van der Waals surface area (Å²) in [5.74, 6) is 0.733. The quantitative estimate of drug-likeness (QED) is 0.523. The molecule has 0 amide bonds. The number of hydrogen-bond acceptors (Lipinski definition) is 0. The molecule has 1 saturated carbocycles. The van der Waals surface area contributed by atoms with Crippen molar-refractivity contribution in [3.05, 3.63) is 59.8 Å². The minimum absolute atomic E-state index is 0.733. The molecule has 0 radical (unpaired) electrons. The van der Waals surface area contributed by atoms with Crippen molar-refractivity contribution in [1.29, 1.82) is 0 Å². The third-order valence-electron chi connectivity index (χ3n) is 3.38. The molecular weight excluding hydrogens is 204 g/mol. The average molecular weight is 228 g/mol. The van der Waals surface area contributed by atoms with Gasteiger partial charge in [0.05, 0.1) is 0 Å². The van der Waals surface area contributed by atoms with Crippen LogP contribution in [0.15, 0.2) is 59.8 Å². The number of allylic oxidation sites excluding steroid dienone is 9.